The second kappa shape index (κ2) is 5.63. The standard InChI is InChI=1S/C16H18N4O2/c1-10-8-12(21)18-16-14(10)15(19-20(16)2)17-13(22)9-11-6-4-3-5-7-11/h3-7,10H,8-9H2,1-2H3,(H,18,21)(H,17,19,22)/t10-/m0/s1. The van der Waals surface area contributed by atoms with Gasteiger partial charge in [0.2, 0.25) is 11.8 Å². The van der Waals surface area contributed by atoms with Crippen LogP contribution in [0.1, 0.15) is 30.4 Å². The Morgan fingerprint density at radius 1 is 1.41 bits per heavy atom. The number of hydrogen-bond acceptors (Lipinski definition) is 3. The summed E-state index contributed by atoms with van der Waals surface area (Å²) in [6.45, 7) is 1.96. The number of hydrogen-bond donors (Lipinski definition) is 2. The highest BCUT2D eigenvalue weighted by molar-refractivity contribution is 5.98. The van der Waals surface area contributed by atoms with Crippen LogP contribution in [0.25, 0.3) is 0 Å². The van der Waals surface area contributed by atoms with Crippen molar-refractivity contribution in [3.8, 4) is 0 Å². The lowest BCUT2D eigenvalue weighted by Crippen LogP contribution is -2.23. The first kappa shape index (κ1) is 14.3. The number of rotatable bonds is 3. The summed E-state index contributed by atoms with van der Waals surface area (Å²) in [6.07, 6.45) is 0.702. The van der Waals surface area contributed by atoms with Crippen molar-refractivity contribution in [2.45, 2.75) is 25.7 Å². The Labute approximate surface area is 128 Å². The largest absolute Gasteiger partial charge is 0.311 e. The van der Waals surface area contributed by atoms with Crippen LogP contribution >= 0.6 is 0 Å². The molecule has 0 saturated carbocycles. The van der Waals surface area contributed by atoms with E-state index < -0.39 is 0 Å². The summed E-state index contributed by atoms with van der Waals surface area (Å²) in [5.74, 6) is 1.09. The molecule has 0 radical (unpaired) electrons. The Hall–Kier alpha value is -2.63. The van der Waals surface area contributed by atoms with Crippen molar-refractivity contribution in [2.24, 2.45) is 7.05 Å². The van der Waals surface area contributed by atoms with Gasteiger partial charge in [-0.2, -0.15) is 5.10 Å². The van der Waals surface area contributed by atoms with E-state index >= 15 is 0 Å². The van der Waals surface area contributed by atoms with E-state index in [4.69, 9.17) is 0 Å². The van der Waals surface area contributed by atoms with Crippen LogP contribution in [0, 0.1) is 0 Å². The lowest BCUT2D eigenvalue weighted by molar-refractivity contribution is -0.117. The van der Waals surface area contributed by atoms with Gasteiger partial charge in [-0.15, -0.1) is 0 Å². The molecule has 0 saturated heterocycles. The number of anilines is 2. The van der Waals surface area contributed by atoms with E-state index in [2.05, 4.69) is 15.7 Å². The fraction of sp³-hybridized carbons (Fsp3) is 0.312. The first-order valence-electron chi connectivity index (χ1n) is 7.25. The van der Waals surface area contributed by atoms with Crippen LogP contribution in [0.3, 0.4) is 0 Å². The zero-order chi connectivity index (χ0) is 15.7. The number of aryl methyl sites for hydroxylation is 1. The third-order valence-corrected chi connectivity index (χ3v) is 3.79. The number of amides is 2. The molecule has 2 N–H and O–H groups in total. The van der Waals surface area contributed by atoms with Crippen molar-refractivity contribution in [3.05, 3.63) is 41.5 Å². The van der Waals surface area contributed by atoms with Gasteiger partial charge in [-0.3, -0.25) is 14.3 Å². The summed E-state index contributed by atoms with van der Waals surface area (Å²) in [5, 5.41) is 10.0. The summed E-state index contributed by atoms with van der Waals surface area (Å²) in [5.41, 5.74) is 1.84. The van der Waals surface area contributed by atoms with Gasteiger partial charge in [-0.05, 0) is 11.5 Å². The number of carbonyl (C=O) groups excluding carboxylic acids is 2. The van der Waals surface area contributed by atoms with Crippen LogP contribution in [-0.4, -0.2) is 21.6 Å². The summed E-state index contributed by atoms with van der Waals surface area (Å²) in [6, 6.07) is 9.55. The van der Waals surface area contributed by atoms with Crippen LogP contribution in [0.15, 0.2) is 30.3 Å². The number of nitrogens with zero attached hydrogens (tertiary/aromatic N) is 2. The number of carbonyl (C=O) groups is 2. The molecule has 0 spiro atoms. The van der Waals surface area contributed by atoms with Crippen LogP contribution in [0.4, 0.5) is 11.6 Å². The average Bonchev–Trinajstić information content (AvgIpc) is 2.76. The van der Waals surface area contributed by atoms with E-state index in [-0.39, 0.29) is 17.7 Å². The van der Waals surface area contributed by atoms with Gasteiger partial charge in [-0.1, -0.05) is 37.3 Å². The van der Waals surface area contributed by atoms with E-state index in [0.29, 0.717) is 24.5 Å². The molecule has 1 aliphatic heterocycles. The predicted molar refractivity (Wildman–Crippen MR) is 83.6 cm³/mol. The maximum absolute atomic E-state index is 12.2. The highest BCUT2D eigenvalue weighted by Crippen LogP contribution is 2.36. The van der Waals surface area contributed by atoms with Gasteiger partial charge in [-0.25, -0.2) is 0 Å². The molecule has 0 unspecified atom stereocenters. The first-order valence-corrected chi connectivity index (χ1v) is 7.25. The van der Waals surface area contributed by atoms with Crippen LogP contribution in [0.2, 0.25) is 0 Å². The topological polar surface area (TPSA) is 76.0 Å². The molecule has 1 atom stereocenters. The van der Waals surface area contributed by atoms with Crippen molar-refractivity contribution >= 4 is 23.5 Å². The van der Waals surface area contributed by atoms with Crippen LogP contribution in [0.5, 0.6) is 0 Å². The van der Waals surface area contributed by atoms with Gasteiger partial charge in [0, 0.05) is 19.0 Å². The Morgan fingerprint density at radius 3 is 2.86 bits per heavy atom. The second-order valence-electron chi connectivity index (χ2n) is 5.60. The van der Waals surface area contributed by atoms with Gasteiger partial charge in [0.05, 0.1) is 6.42 Å². The van der Waals surface area contributed by atoms with E-state index in [9.17, 15) is 9.59 Å². The molecule has 0 bridgehead atoms. The summed E-state index contributed by atoms with van der Waals surface area (Å²) < 4.78 is 1.60. The van der Waals surface area contributed by atoms with Gasteiger partial charge in [0.1, 0.15) is 5.82 Å². The highest BCUT2D eigenvalue weighted by Gasteiger charge is 2.29. The molecular formula is C16H18N4O2. The third kappa shape index (κ3) is 2.72. The molecule has 2 heterocycles. The minimum Gasteiger partial charge on any atom is -0.311 e. The van der Waals surface area contributed by atoms with Crippen molar-refractivity contribution in [3.63, 3.8) is 0 Å². The van der Waals surface area contributed by atoms with E-state index in [1.165, 1.54) is 0 Å². The normalized spacial score (nSPS) is 16.8. The van der Waals surface area contributed by atoms with Crippen molar-refractivity contribution < 1.29 is 9.59 Å². The molecule has 1 aromatic heterocycles. The second-order valence-corrected chi connectivity index (χ2v) is 5.60. The SMILES string of the molecule is C[C@H]1CC(=O)Nc2c1c(NC(=O)Cc1ccccc1)nn2C. The minimum atomic E-state index is -0.115. The number of aromatic nitrogens is 2. The fourth-order valence-electron chi connectivity index (χ4n) is 2.77. The third-order valence-electron chi connectivity index (χ3n) is 3.79. The molecule has 2 amide bonds. The predicted octanol–water partition coefficient (Wildman–Crippen LogP) is 2.05. The molecule has 6 heteroatoms. The Morgan fingerprint density at radius 2 is 2.14 bits per heavy atom. The lowest BCUT2D eigenvalue weighted by atomic mass is 9.95. The summed E-state index contributed by atoms with van der Waals surface area (Å²) in [4.78, 5) is 23.8. The molecule has 22 heavy (non-hydrogen) atoms. The maximum atomic E-state index is 12.2. The molecule has 1 aromatic carbocycles. The maximum Gasteiger partial charge on any atom is 0.230 e. The Bertz CT molecular complexity index is 721. The Balaban J connectivity index is 1.80. The van der Waals surface area contributed by atoms with Gasteiger partial charge >= 0.3 is 0 Å². The van der Waals surface area contributed by atoms with E-state index in [1.807, 2.05) is 37.3 Å². The summed E-state index contributed by atoms with van der Waals surface area (Å²) >= 11 is 0. The average molecular weight is 298 g/mol. The van der Waals surface area contributed by atoms with Gasteiger partial charge in [0.25, 0.3) is 0 Å². The zero-order valence-electron chi connectivity index (χ0n) is 12.6. The molecular weight excluding hydrogens is 280 g/mol. The quantitative estimate of drug-likeness (QED) is 0.910. The molecule has 3 rings (SSSR count). The van der Waals surface area contributed by atoms with E-state index in [0.717, 1.165) is 11.1 Å². The zero-order valence-corrected chi connectivity index (χ0v) is 12.6. The van der Waals surface area contributed by atoms with Crippen molar-refractivity contribution in [1.29, 1.82) is 0 Å². The molecule has 0 aliphatic carbocycles. The van der Waals surface area contributed by atoms with Gasteiger partial charge in [0.15, 0.2) is 5.82 Å². The molecule has 6 nitrogen and oxygen atoms in total. The summed E-state index contributed by atoms with van der Waals surface area (Å²) in [7, 11) is 1.75. The fourth-order valence-corrected chi connectivity index (χ4v) is 2.77. The highest BCUT2D eigenvalue weighted by atomic mass is 16.2. The van der Waals surface area contributed by atoms with Crippen molar-refractivity contribution in [1.82, 2.24) is 9.78 Å². The minimum absolute atomic E-state index is 0.0230. The monoisotopic (exact) mass is 298 g/mol. The van der Waals surface area contributed by atoms with E-state index in [1.54, 1.807) is 11.7 Å². The van der Waals surface area contributed by atoms with Crippen molar-refractivity contribution in [2.75, 3.05) is 10.6 Å². The Kier molecular flexibility index (Phi) is 3.66. The van der Waals surface area contributed by atoms with Crippen LogP contribution in [-0.2, 0) is 23.1 Å². The first-order chi connectivity index (χ1) is 10.5. The smallest absolute Gasteiger partial charge is 0.230 e. The van der Waals surface area contributed by atoms with Gasteiger partial charge < -0.3 is 10.6 Å². The molecule has 114 valence electrons. The lowest BCUT2D eigenvalue weighted by Gasteiger charge is -2.20. The number of benzene rings is 1. The molecule has 0 fully saturated rings. The number of fused-ring (bicyclic) bond motifs is 1. The molecule has 2 aromatic rings. The van der Waals surface area contributed by atoms with Crippen LogP contribution < -0.4 is 10.6 Å². The molecule has 1 aliphatic rings. The number of nitrogens with one attached hydrogen (secondary N) is 2.